The normalized spacial score (nSPS) is 14.8. The molecule has 0 aliphatic heterocycles. The number of H-pyrrole nitrogens is 1. The molecule has 1 aromatic heterocycles. The van der Waals surface area contributed by atoms with Crippen molar-refractivity contribution in [3.8, 4) is 0 Å². The van der Waals surface area contributed by atoms with Gasteiger partial charge in [-0.3, -0.25) is 5.10 Å². The first kappa shape index (κ1) is 15.7. The summed E-state index contributed by atoms with van der Waals surface area (Å²) in [4.78, 5) is 0.255. The first-order valence-electron chi connectivity index (χ1n) is 6.72. The van der Waals surface area contributed by atoms with E-state index in [1.807, 2.05) is 26.1 Å². The van der Waals surface area contributed by atoms with Crippen molar-refractivity contribution in [3.05, 3.63) is 47.8 Å². The van der Waals surface area contributed by atoms with Gasteiger partial charge < -0.3 is 5.32 Å². The molecule has 0 saturated carbocycles. The fourth-order valence-electron chi connectivity index (χ4n) is 1.97. The standard InChI is InChI=1S/C14H20N4O2S/c1-10(15-3)12-4-6-14(7-5-12)21(19,20)18-11(2)13-8-16-17-9-13/h4-11,15,18H,1-3H3,(H,16,17). The Labute approximate surface area is 125 Å². The minimum absolute atomic E-state index is 0.180. The van der Waals surface area contributed by atoms with Crippen LogP contribution in [0.5, 0.6) is 0 Å². The van der Waals surface area contributed by atoms with Crippen LogP contribution in [-0.2, 0) is 10.0 Å². The summed E-state index contributed by atoms with van der Waals surface area (Å²) >= 11 is 0. The molecule has 21 heavy (non-hydrogen) atoms. The molecule has 0 fully saturated rings. The molecule has 114 valence electrons. The molecule has 1 heterocycles. The Morgan fingerprint density at radius 3 is 2.29 bits per heavy atom. The van der Waals surface area contributed by atoms with Crippen LogP contribution in [0, 0.1) is 0 Å². The molecule has 0 aliphatic rings. The van der Waals surface area contributed by atoms with Crippen molar-refractivity contribution in [2.75, 3.05) is 7.05 Å². The number of nitrogens with one attached hydrogen (secondary N) is 3. The van der Waals surface area contributed by atoms with Gasteiger partial charge in [0.05, 0.1) is 11.1 Å². The maximum Gasteiger partial charge on any atom is 0.241 e. The summed E-state index contributed by atoms with van der Waals surface area (Å²) in [6, 6.07) is 6.71. The molecule has 6 nitrogen and oxygen atoms in total. The fourth-order valence-corrected chi connectivity index (χ4v) is 3.20. The fraction of sp³-hybridized carbons (Fsp3) is 0.357. The van der Waals surface area contributed by atoms with E-state index in [1.54, 1.807) is 31.5 Å². The Morgan fingerprint density at radius 2 is 1.76 bits per heavy atom. The lowest BCUT2D eigenvalue weighted by Crippen LogP contribution is -2.26. The molecule has 2 unspecified atom stereocenters. The summed E-state index contributed by atoms with van der Waals surface area (Å²) in [7, 11) is -1.68. The number of aromatic nitrogens is 2. The number of rotatable bonds is 6. The third-order valence-corrected chi connectivity index (χ3v) is 5.03. The average Bonchev–Trinajstić information content (AvgIpc) is 3.00. The topological polar surface area (TPSA) is 86.9 Å². The highest BCUT2D eigenvalue weighted by Crippen LogP contribution is 2.18. The van der Waals surface area contributed by atoms with E-state index in [0.717, 1.165) is 11.1 Å². The van der Waals surface area contributed by atoms with E-state index >= 15 is 0 Å². The number of sulfonamides is 1. The zero-order valence-corrected chi connectivity index (χ0v) is 13.1. The minimum atomic E-state index is -3.55. The van der Waals surface area contributed by atoms with Crippen LogP contribution < -0.4 is 10.0 Å². The van der Waals surface area contributed by atoms with E-state index in [2.05, 4.69) is 20.2 Å². The average molecular weight is 308 g/mol. The summed E-state index contributed by atoms with van der Waals surface area (Å²) in [5, 5.41) is 9.61. The quantitative estimate of drug-likeness (QED) is 0.758. The van der Waals surface area contributed by atoms with Crippen molar-refractivity contribution < 1.29 is 8.42 Å². The van der Waals surface area contributed by atoms with Gasteiger partial charge in [-0.1, -0.05) is 12.1 Å². The van der Waals surface area contributed by atoms with Crippen LogP contribution in [0.1, 0.15) is 37.1 Å². The summed E-state index contributed by atoms with van der Waals surface area (Å²) in [5.74, 6) is 0. The lowest BCUT2D eigenvalue weighted by atomic mass is 10.1. The van der Waals surface area contributed by atoms with Crippen LogP contribution in [0.2, 0.25) is 0 Å². The molecule has 2 aromatic rings. The van der Waals surface area contributed by atoms with E-state index in [-0.39, 0.29) is 17.0 Å². The molecule has 1 aromatic carbocycles. The second-order valence-corrected chi connectivity index (χ2v) is 6.67. The van der Waals surface area contributed by atoms with Crippen LogP contribution in [-0.4, -0.2) is 25.7 Å². The van der Waals surface area contributed by atoms with Gasteiger partial charge in [0.25, 0.3) is 0 Å². The number of nitrogens with zero attached hydrogens (tertiary/aromatic N) is 1. The highest BCUT2D eigenvalue weighted by atomic mass is 32.2. The molecule has 2 rings (SSSR count). The molecular formula is C14H20N4O2S. The van der Waals surface area contributed by atoms with Gasteiger partial charge in [0, 0.05) is 23.8 Å². The van der Waals surface area contributed by atoms with Crippen LogP contribution in [0.15, 0.2) is 41.6 Å². The molecular weight excluding hydrogens is 288 g/mol. The van der Waals surface area contributed by atoms with Gasteiger partial charge in [-0.15, -0.1) is 0 Å². The van der Waals surface area contributed by atoms with Gasteiger partial charge in [0.2, 0.25) is 10.0 Å². The lowest BCUT2D eigenvalue weighted by molar-refractivity contribution is 0.566. The highest BCUT2D eigenvalue weighted by molar-refractivity contribution is 7.89. The van der Waals surface area contributed by atoms with E-state index in [9.17, 15) is 8.42 Å². The maximum absolute atomic E-state index is 12.3. The third kappa shape index (κ3) is 3.69. The van der Waals surface area contributed by atoms with Gasteiger partial charge in [-0.05, 0) is 38.6 Å². The number of hydrogen-bond acceptors (Lipinski definition) is 4. The third-order valence-electron chi connectivity index (χ3n) is 3.47. The van der Waals surface area contributed by atoms with Gasteiger partial charge in [0.15, 0.2) is 0 Å². The van der Waals surface area contributed by atoms with E-state index in [0.29, 0.717) is 0 Å². The first-order chi connectivity index (χ1) is 9.94. The van der Waals surface area contributed by atoms with Gasteiger partial charge in [0.1, 0.15) is 0 Å². The summed E-state index contributed by atoms with van der Waals surface area (Å²) in [5.41, 5.74) is 1.83. The second kappa shape index (κ2) is 6.38. The predicted octanol–water partition coefficient (Wildman–Crippen LogP) is 1.73. The van der Waals surface area contributed by atoms with Crippen molar-refractivity contribution in [1.29, 1.82) is 0 Å². The predicted molar refractivity (Wildman–Crippen MR) is 81.2 cm³/mol. The zero-order chi connectivity index (χ0) is 15.5. The SMILES string of the molecule is CNC(C)c1ccc(S(=O)(=O)NC(C)c2cn[nH]c2)cc1. The minimum Gasteiger partial charge on any atom is -0.313 e. The maximum atomic E-state index is 12.3. The Kier molecular flexibility index (Phi) is 4.76. The summed E-state index contributed by atoms with van der Waals surface area (Å²) in [6.45, 7) is 3.79. The van der Waals surface area contributed by atoms with Crippen LogP contribution in [0.3, 0.4) is 0 Å². The Bertz CT molecular complexity index is 666. The first-order valence-corrected chi connectivity index (χ1v) is 8.20. The number of hydrogen-bond donors (Lipinski definition) is 3. The molecule has 0 radical (unpaired) electrons. The molecule has 0 amide bonds. The molecule has 0 spiro atoms. The highest BCUT2D eigenvalue weighted by Gasteiger charge is 2.19. The number of aromatic amines is 1. The van der Waals surface area contributed by atoms with Crippen molar-refractivity contribution in [2.45, 2.75) is 30.8 Å². The second-order valence-electron chi connectivity index (χ2n) is 4.95. The van der Waals surface area contributed by atoms with Crippen molar-refractivity contribution in [2.24, 2.45) is 0 Å². The van der Waals surface area contributed by atoms with Gasteiger partial charge in [-0.25, -0.2) is 13.1 Å². The molecule has 0 saturated heterocycles. The summed E-state index contributed by atoms with van der Waals surface area (Å²) < 4.78 is 27.3. The Morgan fingerprint density at radius 1 is 1.10 bits per heavy atom. The van der Waals surface area contributed by atoms with E-state index in [1.165, 1.54) is 0 Å². The smallest absolute Gasteiger partial charge is 0.241 e. The van der Waals surface area contributed by atoms with Gasteiger partial charge in [-0.2, -0.15) is 5.10 Å². The molecule has 3 N–H and O–H groups in total. The molecule has 0 bridgehead atoms. The van der Waals surface area contributed by atoms with Crippen molar-refractivity contribution in [3.63, 3.8) is 0 Å². The van der Waals surface area contributed by atoms with Crippen LogP contribution >= 0.6 is 0 Å². The van der Waals surface area contributed by atoms with Crippen LogP contribution in [0.4, 0.5) is 0 Å². The molecule has 7 heteroatoms. The Balaban J connectivity index is 2.16. The number of benzene rings is 1. The summed E-state index contributed by atoms with van der Waals surface area (Å²) in [6.07, 6.45) is 3.27. The Hall–Kier alpha value is -1.70. The lowest BCUT2D eigenvalue weighted by Gasteiger charge is -2.14. The molecule has 0 aliphatic carbocycles. The molecule has 2 atom stereocenters. The monoisotopic (exact) mass is 308 g/mol. The largest absolute Gasteiger partial charge is 0.313 e. The van der Waals surface area contributed by atoms with Crippen LogP contribution in [0.25, 0.3) is 0 Å². The zero-order valence-electron chi connectivity index (χ0n) is 12.3. The van der Waals surface area contributed by atoms with Crippen molar-refractivity contribution in [1.82, 2.24) is 20.2 Å². The van der Waals surface area contributed by atoms with E-state index < -0.39 is 10.0 Å². The van der Waals surface area contributed by atoms with E-state index in [4.69, 9.17) is 0 Å². The van der Waals surface area contributed by atoms with Gasteiger partial charge >= 0.3 is 0 Å². The van der Waals surface area contributed by atoms with Crippen molar-refractivity contribution >= 4 is 10.0 Å².